The molecule has 1 aromatic carbocycles. The van der Waals surface area contributed by atoms with Gasteiger partial charge in [-0.25, -0.2) is 9.97 Å². The smallest absolute Gasteiger partial charge is 0.224 e. The molecule has 2 heterocycles. The van der Waals surface area contributed by atoms with Gasteiger partial charge in [0.05, 0.1) is 12.5 Å². The summed E-state index contributed by atoms with van der Waals surface area (Å²) in [6.07, 6.45) is 12.2. The Balaban J connectivity index is 1.33. The van der Waals surface area contributed by atoms with E-state index in [0.717, 1.165) is 30.6 Å². The summed E-state index contributed by atoms with van der Waals surface area (Å²) in [7, 11) is 0. The van der Waals surface area contributed by atoms with Crippen LogP contribution in [0.5, 0.6) is 0 Å². The van der Waals surface area contributed by atoms with Crippen molar-refractivity contribution in [1.82, 2.24) is 19.5 Å². The Morgan fingerprint density at radius 1 is 1.04 bits per heavy atom. The summed E-state index contributed by atoms with van der Waals surface area (Å²) in [5.74, 6) is 0.715. The van der Waals surface area contributed by atoms with Gasteiger partial charge in [-0.1, -0.05) is 43.2 Å². The SMILES string of the molecule is c1ccc(CCCCNc2ncc3ncn(C4CCCC4)c3n2)cc1. The minimum absolute atomic E-state index is 0.554. The number of fused-ring (bicyclic) bond motifs is 1. The first-order chi connectivity index (χ1) is 12.4. The zero-order valence-electron chi connectivity index (χ0n) is 14.6. The van der Waals surface area contributed by atoms with Crippen LogP contribution in [0.15, 0.2) is 42.9 Å². The van der Waals surface area contributed by atoms with Gasteiger partial charge in [-0.15, -0.1) is 0 Å². The molecule has 0 radical (unpaired) electrons. The molecule has 0 spiro atoms. The lowest BCUT2D eigenvalue weighted by molar-refractivity contribution is 0.529. The van der Waals surface area contributed by atoms with Crippen LogP contribution in [0.3, 0.4) is 0 Å². The molecule has 1 fully saturated rings. The number of aryl methyl sites for hydroxylation is 1. The van der Waals surface area contributed by atoms with Crippen molar-refractivity contribution in [3.63, 3.8) is 0 Å². The second kappa shape index (κ2) is 7.64. The van der Waals surface area contributed by atoms with E-state index in [1.165, 1.54) is 37.7 Å². The minimum Gasteiger partial charge on any atom is -0.354 e. The summed E-state index contributed by atoms with van der Waals surface area (Å²) in [6, 6.07) is 11.2. The molecule has 0 amide bonds. The minimum atomic E-state index is 0.554. The van der Waals surface area contributed by atoms with E-state index in [9.17, 15) is 0 Å². The highest BCUT2D eigenvalue weighted by Gasteiger charge is 2.19. The number of nitrogens with one attached hydrogen (secondary N) is 1. The molecule has 0 bridgehead atoms. The van der Waals surface area contributed by atoms with Crippen LogP contribution in [-0.2, 0) is 6.42 Å². The standard InChI is InChI=1S/C20H25N5/c1-2-8-16(9-3-1)10-6-7-13-21-20-22-14-18-19(24-20)25(15-23-18)17-11-4-5-12-17/h1-3,8-9,14-15,17H,4-7,10-13H2,(H,21,22,24). The van der Waals surface area contributed by atoms with E-state index in [2.05, 4.69) is 50.2 Å². The molecule has 0 atom stereocenters. The Bertz CT molecular complexity index is 805. The summed E-state index contributed by atoms with van der Waals surface area (Å²) in [4.78, 5) is 13.6. The highest BCUT2D eigenvalue weighted by molar-refractivity contribution is 5.71. The molecule has 130 valence electrons. The summed E-state index contributed by atoms with van der Waals surface area (Å²) in [5.41, 5.74) is 3.26. The van der Waals surface area contributed by atoms with Gasteiger partial charge < -0.3 is 9.88 Å². The van der Waals surface area contributed by atoms with Gasteiger partial charge in [0.2, 0.25) is 5.95 Å². The van der Waals surface area contributed by atoms with E-state index in [-0.39, 0.29) is 0 Å². The lowest BCUT2D eigenvalue weighted by atomic mass is 10.1. The Labute approximate surface area is 148 Å². The van der Waals surface area contributed by atoms with E-state index >= 15 is 0 Å². The largest absolute Gasteiger partial charge is 0.354 e. The van der Waals surface area contributed by atoms with E-state index in [1.807, 2.05) is 12.5 Å². The fraction of sp³-hybridized carbons (Fsp3) is 0.450. The molecule has 1 saturated carbocycles. The molecule has 2 aromatic heterocycles. The highest BCUT2D eigenvalue weighted by Crippen LogP contribution is 2.31. The van der Waals surface area contributed by atoms with Gasteiger partial charge in [0, 0.05) is 12.6 Å². The number of aromatic nitrogens is 4. The predicted octanol–water partition coefficient (Wildman–Crippen LogP) is 4.38. The maximum atomic E-state index is 4.71. The van der Waals surface area contributed by atoms with Crippen molar-refractivity contribution in [2.45, 2.75) is 51.0 Å². The van der Waals surface area contributed by atoms with Crippen LogP contribution in [-0.4, -0.2) is 26.1 Å². The van der Waals surface area contributed by atoms with Gasteiger partial charge in [0.15, 0.2) is 5.65 Å². The maximum absolute atomic E-state index is 4.71. The van der Waals surface area contributed by atoms with Crippen molar-refractivity contribution >= 4 is 17.1 Å². The first-order valence-electron chi connectivity index (χ1n) is 9.37. The van der Waals surface area contributed by atoms with Crippen LogP contribution in [0.2, 0.25) is 0 Å². The van der Waals surface area contributed by atoms with Crippen LogP contribution >= 0.6 is 0 Å². The number of imidazole rings is 1. The zero-order valence-corrected chi connectivity index (χ0v) is 14.6. The van der Waals surface area contributed by atoms with E-state index in [1.54, 1.807) is 0 Å². The predicted molar refractivity (Wildman–Crippen MR) is 101 cm³/mol. The van der Waals surface area contributed by atoms with Crippen molar-refractivity contribution in [3.05, 3.63) is 48.4 Å². The molecule has 3 aromatic rings. The molecule has 5 heteroatoms. The van der Waals surface area contributed by atoms with Crippen LogP contribution in [0.1, 0.15) is 50.1 Å². The van der Waals surface area contributed by atoms with Crippen LogP contribution in [0.25, 0.3) is 11.2 Å². The second-order valence-electron chi connectivity index (χ2n) is 6.86. The molecule has 5 nitrogen and oxygen atoms in total. The topological polar surface area (TPSA) is 55.6 Å². The Morgan fingerprint density at radius 2 is 1.88 bits per heavy atom. The first kappa shape index (κ1) is 16.1. The molecule has 1 N–H and O–H groups in total. The van der Waals surface area contributed by atoms with Crippen molar-refractivity contribution in [3.8, 4) is 0 Å². The van der Waals surface area contributed by atoms with Crippen molar-refractivity contribution in [1.29, 1.82) is 0 Å². The van der Waals surface area contributed by atoms with E-state index < -0.39 is 0 Å². The second-order valence-corrected chi connectivity index (χ2v) is 6.86. The number of hydrogen-bond donors (Lipinski definition) is 1. The third-order valence-corrected chi connectivity index (χ3v) is 5.05. The fourth-order valence-corrected chi connectivity index (χ4v) is 3.66. The molecule has 4 rings (SSSR count). The maximum Gasteiger partial charge on any atom is 0.224 e. The number of unbranched alkanes of at least 4 members (excludes halogenated alkanes) is 1. The van der Waals surface area contributed by atoms with Crippen LogP contribution in [0, 0.1) is 0 Å². The van der Waals surface area contributed by atoms with Crippen LogP contribution < -0.4 is 5.32 Å². The molecule has 25 heavy (non-hydrogen) atoms. The number of rotatable bonds is 7. The number of benzene rings is 1. The van der Waals surface area contributed by atoms with Gasteiger partial charge >= 0.3 is 0 Å². The molecular weight excluding hydrogens is 310 g/mol. The fourth-order valence-electron chi connectivity index (χ4n) is 3.66. The zero-order chi connectivity index (χ0) is 16.9. The number of hydrogen-bond acceptors (Lipinski definition) is 4. The summed E-state index contributed by atoms with van der Waals surface area (Å²) in [6.45, 7) is 0.899. The van der Waals surface area contributed by atoms with Gasteiger partial charge in [0.25, 0.3) is 0 Å². The molecule has 0 unspecified atom stereocenters. The average molecular weight is 335 g/mol. The third-order valence-electron chi connectivity index (χ3n) is 5.05. The molecule has 0 saturated heterocycles. The lowest BCUT2D eigenvalue weighted by Gasteiger charge is -2.12. The van der Waals surface area contributed by atoms with Crippen LogP contribution in [0.4, 0.5) is 5.95 Å². The summed E-state index contributed by atoms with van der Waals surface area (Å²) in [5, 5.41) is 3.37. The quantitative estimate of drug-likeness (QED) is 0.651. The molecular formula is C20H25N5. The molecule has 0 aliphatic heterocycles. The van der Waals surface area contributed by atoms with E-state index in [4.69, 9.17) is 4.98 Å². The number of nitrogens with zero attached hydrogens (tertiary/aromatic N) is 4. The first-order valence-corrected chi connectivity index (χ1v) is 9.37. The monoisotopic (exact) mass is 335 g/mol. The average Bonchev–Trinajstić information content (AvgIpc) is 3.31. The Morgan fingerprint density at radius 3 is 2.72 bits per heavy atom. The van der Waals surface area contributed by atoms with Crippen molar-refractivity contribution in [2.75, 3.05) is 11.9 Å². The summed E-state index contributed by atoms with van der Waals surface area (Å²) < 4.78 is 2.24. The Hall–Kier alpha value is -2.43. The van der Waals surface area contributed by atoms with Gasteiger partial charge in [-0.3, -0.25) is 0 Å². The van der Waals surface area contributed by atoms with Gasteiger partial charge in [-0.05, 0) is 37.7 Å². The van der Waals surface area contributed by atoms with Gasteiger partial charge in [0.1, 0.15) is 5.52 Å². The van der Waals surface area contributed by atoms with Crippen molar-refractivity contribution in [2.24, 2.45) is 0 Å². The normalized spacial score (nSPS) is 15.0. The van der Waals surface area contributed by atoms with E-state index in [0.29, 0.717) is 12.0 Å². The molecule has 1 aliphatic carbocycles. The highest BCUT2D eigenvalue weighted by atomic mass is 15.2. The summed E-state index contributed by atoms with van der Waals surface area (Å²) >= 11 is 0. The number of anilines is 1. The van der Waals surface area contributed by atoms with Crippen molar-refractivity contribution < 1.29 is 0 Å². The Kier molecular flexibility index (Phi) is 4.91. The molecule has 1 aliphatic rings. The lowest BCUT2D eigenvalue weighted by Crippen LogP contribution is -2.08. The third kappa shape index (κ3) is 3.81. The van der Waals surface area contributed by atoms with Gasteiger partial charge in [-0.2, -0.15) is 4.98 Å².